The van der Waals surface area contributed by atoms with Gasteiger partial charge in [-0.15, -0.1) is 0 Å². The molecule has 2 nitrogen and oxygen atoms in total. The molecular weight excluding hydrogens is 232 g/mol. The average Bonchev–Trinajstić information content (AvgIpc) is 2.76. The SMILES string of the molecule is CCC1CCC(C)N1C(CN)c1ccc(C)c(C)c1. The highest BCUT2D eigenvalue weighted by molar-refractivity contribution is 5.32. The first kappa shape index (κ1) is 14.5. The Kier molecular flexibility index (Phi) is 4.64. The fraction of sp³-hybridized carbons (Fsp3) is 0.647. The van der Waals surface area contributed by atoms with Crippen LogP contribution in [0.3, 0.4) is 0 Å². The third-order valence-electron chi connectivity index (χ3n) is 4.82. The smallest absolute Gasteiger partial charge is 0.0476 e. The molecule has 0 aliphatic carbocycles. The summed E-state index contributed by atoms with van der Waals surface area (Å²) in [4.78, 5) is 2.66. The van der Waals surface area contributed by atoms with E-state index >= 15 is 0 Å². The Morgan fingerprint density at radius 2 is 2.00 bits per heavy atom. The van der Waals surface area contributed by atoms with E-state index in [-0.39, 0.29) is 0 Å². The van der Waals surface area contributed by atoms with Crippen LogP contribution in [0.1, 0.15) is 55.8 Å². The zero-order chi connectivity index (χ0) is 14.0. The van der Waals surface area contributed by atoms with Crippen LogP contribution in [0.15, 0.2) is 18.2 Å². The van der Waals surface area contributed by atoms with Crippen LogP contribution in [0, 0.1) is 13.8 Å². The molecule has 0 bridgehead atoms. The third kappa shape index (κ3) is 2.85. The summed E-state index contributed by atoms with van der Waals surface area (Å²) >= 11 is 0. The lowest BCUT2D eigenvalue weighted by Gasteiger charge is -2.36. The third-order valence-corrected chi connectivity index (χ3v) is 4.82. The van der Waals surface area contributed by atoms with Gasteiger partial charge in [-0.1, -0.05) is 25.1 Å². The zero-order valence-corrected chi connectivity index (χ0v) is 12.8. The Labute approximate surface area is 118 Å². The van der Waals surface area contributed by atoms with Gasteiger partial charge in [-0.25, -0.2) is 0 Å². The van der Waals surface area contributed by atoms with Crippen molar-refractivity contribution in [3.63, 3.8) is 0 Å². The van der Waals surface area contributed by atoms with Crippen LogP contribution in [-0.4, -0.2) is 23.5 Å². The maximum Gasteiger partial charge on any atom is 0.0476 e. The van der Waals surface area contributed by atoms with Gasteiger partial charge in [-0.05, 0) is 56.7 Å². The van der Waals surface area contributed by atoms with Gasteiger partial charge >= 0.3 is 0 Å². The van der Waals surface area contributed by atoms with Gasteiger partial charge in [-0.3, -0.25) is 4.90 Å². The Balaban J connectivity index is 2.30. The molecule has 3 unspecified atom stereocenters. The normalized spacial score (nSPS) is 25.7. The number of nitrogens with two attached hydrogens (primary N) is 1. The molecule has 1 fully saturated rings. The first-order chi connectivity index (χ1) is 9.08. The summed E-state index contributed by atoms with van der Waals surface area (Å²) in [6, 6.07) is 8.55. The minimum Gasteiger partial charge on any atom is -0.329 e. The maximum absolute atomic E-state index is 6.11. The lowest BCUT2D eigenvalue weighted by Crippen LogP contribution is -2.41. The Hall–Kier alpha value is -0.860. The van der Waals surface area contributed by atoms with Crippen LogP contribution in [0.2, 0.25) is 0 Å². The molecule has 2 rings (SSSR count). The molecule has 1 aromatic carbocycles. The fourth-order valence-electron chi connectivity index (χ4n) is 3.47. The number of nitrogens with zero attached hydrogens (tertiary/aromatic N) is 1. The van der Waals surface area contributed by atoms with Gasteiger partial charge in [0.05, 0.1) is 0 Å². The minimum absolute atomic E-state index is 0.377. The molecule has 0 saturated carbocycles. The lowest BCUT2D eigenvalue weighted by molar-refractivity contribution is 0.137. The Morgan fingerprint density at radius 1 is 1.26 bits per heavy atom. The predicted molar refractivity (Wildman–Crippen MR) is 82.3 cm³/mol. The molecule has 0 spiro atoms. The Morgan fingerprint density at radius 3 is 2.58 bits per heavy atom. The molecule has 2 N–H and O–H groups in total. The summed E-state index contributed by atoms with van der Waals surface area (Å²) in [5.41, 5.74) is 10.2. The summed E-state index contributed by atoms with van der Waals surface area (Å²) in [7, 11) is 0. The highest BCUT2D eigenvalue weighted by Crippen LogP contribution is 2.35. The maximum atomic E-state index is 6.11. The number of hydrogen-bond acceptors (Lipinski definition) is 2. The van der Waals surface area contributed by atoms with E-state index in [4.69, 9.17) is 5.73 Å². The van der Waals surface area contributed by atoms with E-state index in [9.17, 15) is 0 Å². The molecule has 1 aliphatic heterocycles. The lowest BCUT2D eigenvalue weighted by atomic mass is 9.98. The number of likely N-dealkylation sites (tertiary alicyclic amines) is 1. The van der Waals surface area contributed by atoms with Gasteiger partial charge in [0.15, 0.2) is 0 Å². The van der Waals surface area contributed by atoms with E-state index in [0.29, 0.717) is 24.7 Å². The summed E-state index contributed by atoms with van der Waals surface area (Å²) in [5.74, 6) is 0. The van der Waals surface area contributed by atoms with Crippen LogP contribution < -0.4 is 5.73 Å². The average molecular weight is 260 g/mol. The first-order valence-corrected chi connectivity index (χ1v) is 7.63. The molecule has 106 valence electrons. The van der Waals surface area contributed by atoms with Crippen molar-refractivity contribution < 1.29 is 0 Å². The summed E-state index contributed by atoms with van der Waals surface area (Å²) < 4.78 is 0. The van der Waals surface area contributed by atoms with E-state index in [0.717, 1.165) is 0 Å². The van der Waals surface area contributed by atoms with Crippen molar-refractivity contribution in [2.75, 3.05) is 6.54 Å². The highest BCUT2D eigenvalue weighted by atomic mass is 15.2. The summed E-state index contributed by atoms with van der Waals surface area (Å²) in [6.07, 6.45) is 3.85. The zero-order valence-electron chi connectivity index (χ0n) is 12.8. The van der Waals surface area contributed by atoms with Crippen molar-refractivity contribution in [1.29, 1.82) is 0 Å². The van der Waals surface area contributed by atoms with Crippen LogP contribution >= 0.6 is 0 Å². The second-order valence-corrected chi connectivity index (χ2v) is 6.03. The molecule has 2 heteroatoms. The monoisotopic (exact) mass is 260 g/mol. The van der Waals surface area contributed by atoms with E-state index in [1.807, 2.05) is 0 Å². The van der Waals surface area contributed by atoms with Crippen molar-refractivity contribution in [1.82, 2.24) is 4.90 Å². The van der Waals surface area contributed by atoms with Crippen LogP contribution in [0.25, 0.3) is 0 Å². The molecule has 1 saturated heterocycles. The summed E-state index contributed by atoms with van der Waals surface area (Å²) in [5, 5.41) is 0. The minimum atomic E-state index is 0.377. The molecule has 19 heavy (non-hydrogen) atoms. The second kappa shape index (κ2) is 6.06. The van der Waals surface area contributed by atoms with Crippen LogP contribution in [-0.2, 0) is 0 Å². The van der Waals surface area contributed by atoms with Crippen molar-refractivity contribution in [2.24, 2.45) is 5.73 Å². The van der Waals surface area contributed by atoms with Gasteiger partial charge in [0.25, 0.3) is 0 Å². The van der Waals surface area contributed by atoms with Gasteiger partial charge in [0.2, 0.25) is 0 Å². The van der Waals surface area contributed by atoms with E-state index < -0.39 is 0 Å². The van der Waals surface area contributed by atoms with Gasteiger partial charge < -0.3 is 5.73 Å². The molecule has 1 aromatic rings. The van der Waals surface area contributed by atoms with Crippen molar-refractivity contribution in [3.8, 4) is 0 Å². The molecule has 0 aromatic heterocycles. The van der Waals surface area contributed by atoms with E-state index in [2.05, 4.69) is 50.8 Å². The largest absolute Gasteiger partial charge is 0.329 e. The predicted octanol–water partition coefficient (Wildman–Crippen LogP) is 3.57. The van der Waals surface area contributed by atoms with Crippen molar-refractivity contribution in [2.45, 2.75) is 65.1 Å². The van der Waals surface area contributed by atoms with Crippen molar-refractivity contribution >= 4 is 0 Å². The van der Waals surface area contributed by atoms with Gasteiger partial charge in [0.1, 0.15) is 0 Å². The molecule has 3 atom stereocenters. The van der Waals surface area contributed by atoms with Crippen LogP contribution in [0.5, 0.6) is 0 Å². The molecule has 1 aliphatic rings. The fourth-order valence-corrected chi connectivity index (χ4v) is 3.47. The van der Waals surface area contributed by atoms with Gasteiger partial charge in [0, 0.05) is 24.7 Å². The molecule has 1 heterocycles. The first-order valence-electron chi connectivity index (χ1n) is 7.63. The molecule has 0 amide bonds. The van der Waals surface area contributed by atoms with E-state index in [1.165, 1.54) is 36.0 Å². The molecular formula is C17H28N2. The number of rotatable bonds is 4. The van der Waals surface area contributed by atoms with E-state index in [1.54, 1.807) is 0 Å². The highest BCUT2D eigenvalue weighted by Gasteiger charge is 2.34. The quantitative estimate of drug-likeness (QED) is 0.897. The Bertz CT molecular complexity index is 427. The number of aryl methyl sites for hydroxylation is 2. The standard InChI is InChI=1S/C17H28N2/c1-5-16-9-7-14(4)19(16)17(11-18)15-8-6-12(2)13(3)10-15/h6,8,10,14,16-17H,5,7,9,11,18H2,1-4H3. The summed E-state index contributed by atoms with van der Waals surface area (Å²) in [6.45, 7) is 9.72. The topological polar surface area (TPSA) is 29.3 Å². The van der Waals surface area contributed by atoms with Gasteiger partial charge in [-0.2, -0.15) is 0 Å². The second-order valence-electron chi connectivity index (χ2n) is 6.03. The van der Waals surface area contributed by atoms with Crippen molar-refractivity contribution in [3.05, 3.63) is 34.9 Å². The molecule has 0 radical (unpaired) electrons. The number of hydrogen-bond donors (Lipinski definition) is 1. The number of benzene rings is 1. The van der Waals surface area contributed by atoms with Crippen LogP contribution in [0.4, 0.5) is 0 Å².